The van der Waals surface area contributed by atoms with Gasteiger partial charge in [-0.05, 0) is 24.6 Å². The number of rotatable bonds is 3. The number of anilines is 1. The molecule has 1 aromatic carbocycles. The first-order valence-electron chi connectivity index (χ1n) is 5.31. The molecule has 0 saturated carbocycles. The van der Waals surface area contributed by atoms with Crippen LogP contribution in [0.3, 0.4) is 0 Å². The molecule has 2 aromatic rings. The van der Waals surface area contributed by atoms with E-state index in [9.17, 15) is 14.5 Å². The second kappa shape index (κ2) is 4.85. The summed E-state index contributed by atoms with van der Waals surface area (Å²) >= 11 is 5.66. The van der Waals surface area contributed by atoms with Crippen LogP contribution in [-0.2, 0) is 6.54 Å². The Kier molecular flexibility index (Phi) is 3.39. The Hall–Kier alpha value is -2.15. The first kappa shape index (κ1) is 13.3. The first-order valence-corrected chi connectivity index (χ1v) is 5.69. The van der Waals surface area contributed by atoms with Crippen LogP contribution in [-0.4, -0.2) is 14.7 Å². The summed E-state index contributed by atoms with van der Waals surface area (Å²) in [6, 6.07) is 4.17. The number of halogens is 2. The number of aryl methyl sites for hydroxylation is 1. The van der Waals surface area contributed by atoms with E-state index in [1.165, 1.54) is 29.8 Å². The number of nitro groups is 1. The van der Waals surface area contributed by atoms with Crippen molar-refractivity contribution in [2.75, 3.05) is 5.73 Å². The van der Waals surface area contributed by atoms with Crippen molar-refractivity contribution in [3.05, 3.63) is 50.4 Å². The zero-order valence-corrected chi connectivity index (χ0v) is 10.7. The molecular weight excluding hydrogens is 275 g/mol. The van der Waals surface area contributed by atoms with Crippen molar-refractivity contribution in [2.45, 2.75) is 13.5 Å². The fourth-order valence-electron chi connectivity index (χ4n) is 1.75. The van der Waals surface area contributed by atoms with Crippen LogP contribution in [0.1, 0.15) is 11.3 Å². The first-order chi connectivity index (χ1) is 8.90. The van der Waals surface area contributed by atoms with Crippen LogP contribution in [0.5, 0.6) is 0 Å². The van der Waals surface area contributed by atoms with E-state index in [4.69, 9.17) is 17.3 Å². The Balaban J connectivity index is 2.36. The molecule has 1 heterocycles. The molecule has 8 heteroatoms. The van der Waals surface area contributed by atoms with Gasteiger partial charge in [0.05, 0.1) is 16.5 Å². The van der Waals surface area contributed by atoms with Gasteiger partial charge in [0, 0.05) is 0 Å². The van der Waals surface area contributed by atoms with Gasteiger partial charge in [-0.25, -0.2) is 9.07 Å². The smallest absolute Gasteiger partial charge is 0.333 e. The molecule has 0 spiro atoms. The van der Waals surface area contributed by atoms with Crippen LogP contribution in [0.4, 0.5) is 15.9 Å². The molecule has 0 saturated heterocycles. The molecule has 0 aliphatic heterocycles. The van der Waals surface area contributed by atoms with Crippen LogP contribution in [0, 0.1) is 22.9 Å². The van der Waals surface area contributed by atoms with Gasteiger partial charge in [0.2, 0.25) is 5.82 Å². The Morgan fingerprint density at radius 3 is 2.79 bits per heavy atom. The van der Waals surface area contributed by atoms with Gasteiger partial charge in [-0.2, -0.15) is 5.10 Å². The summed E-state index contributed by atoms with van der Waals surface area (Å²) in [5.41, 5.74) is 6.34. The lowest BCUT2D eigenvalue weighted by atomic mass is 10.2. The third kappa shape index (κ3) is 2.50. The van der Waals surface area contributed by atoms with E-state index in [-0.39, 0.29) is 28.8 Å². The number of nitrogens with two attached hydrogens (primary N) is 1. The average molecular weight is 285 g/mol. The molecule has 0 fully saturated rings. The maximum atomic E-state index is 13.0. The highest BCUT2D eigenvalue weighted by Crippen LogP contribution is 2.26. The summed E-state index contributed by atoms with van der Waals surface area (Å²) in [5.74, 6) is -0.566. The third-order valence-electron chi connectivity index (χ3n) is 2.63. The summed E-state index contributed by atoms with van der Waals surface area (Å²) < 4.78 is 14.3. The Bertz CT molecular complexity index is 656. The molecule has 1 aromatic heterocycles. The van der Waals surface area contributed by atoms with Gasteiger partial charge in [-0.15, -0.1) is 0 Å². The molecule has 19 heavy (non-hydrogen) atoms. The van der Waals surface area contributed by atoms with Crippen LogP contribution in [0.25, 0.3) is 0 Å². The highest BCUT2D eigenvalue weighted by Gasteiger charge is 2.22. The quantitative estimate of drug-likeness (QED) is 0.693. The van der Waals surface area contributed by atoms with E-state index in [1.807, 2.05) is 0 Å². The number of hydrogen-bond donors (Lipinski definition) is 1. The highest BCUT2D eigenvalue weighted by molar-refractivity contribution is 6.30. The van der Waals surface area contributed by atoms with Gasteiger partial charge in [0.15, 0.2) is 0 Å². The van der Waals surface area contributed by atoms with Crippen LogP contribution < -0.4 is 5.73 Å². The van der Waals surface area contributed by atoms with E-state index in [0.717, 1.165) is 0 Å². The van der Waals surface area contributed by atoms with Crippen LogP contribution in [0.2, 0.25) is 5.02 Å². The van der Waals surface area contributed by atoms with Gasteiger partial charge >= 0.3 is 5.69 Å². The standard InChI is InChI=1S/C11H10ClFN4O2/c1-6-10(17(18)19)11(14)16(15-6)5-7-2-3-9(13)8(12)4-7/h2-4H,5,14H2,1H3. The van der Waals surface area contributed by atoms with Crippen molar-refractivity contribution in [2.24, 2.45) is 0 Å². The molecule has 0 aliphatic rings. The van der Waals surface area contributed by atoms with Gasteiger partial charge in [0.25, 0.3) is 0 Å². The summed E-state index contributed by atoms with van der Waals surface area (Å²) in [5, 5.41) is 14.8. The summed E-state index contributed by atoms with van der Waals surface area (Å²) in [7, 11) is 0. The van der Waals surface area contributed by atoms with Gasteiger partial charge in [-0.3, -0.25) is 10.1 Å². The molecule has 100 valence electrons. The molecule has 2 N–H and O–H groups in total. The van der Waals surface area contributed by atoms with Crippen LogP contribution >= 0.6 is 11.6 Å². The molecule has 0 unspecified atom stereocenters. The fourth-order valence-corrected chi connectivity index (χ4v) is 1.95. The maximum Gasteiger partial charge on any atom is 0.333 e. The Morgan fingerprint density at radius 1 is 1.58 bits per heavy atom. The van der Waals surface area contributed by atoms with Gasteiger partial charge in [-0.1, -0.05) is 17.7 Å². The van der Waals surface area contributed by atoms with E-state index >= 15 is 0 Å². The van der Waals surface area contributed by atoms with E-state index in [1.54, 1.807) is 0 Å². The van der Waals surface area contributed by atoms with E-state index in [0.29, 0.717) is 5.56 Å². The summed E-state index contributed by atoms with van der Waals surface area (Å²) in [6.07, 6.45) is 0. The lowest BCUT2D eigenvalue weighted by Crippen LogP contribution is -2.06. The normalized spacial score (nSPS) is 10.7. The molecule has 0 amide bonds. The average Bonchev–Trinajstić information content (AvgIpc) is 2.59. The van der Waals surface area contributed by atoms with Crippen molar-refractivity contribution >= 4 is 23.1 Å². The largest absolute Gasteiger partial charge is 0.378 e. The highest BCUT2D eigenvalue weighted by atomic mass is 35.5. The van der Waals surface area contributed by atoms with E-state index < -0.39 is 10.7 Å². The summed E-state index contributed by atoms with van der Waals surface area (Å²) in [6.45, 7) is 1.68. The SMILES string of the molecule is Cc1nn(Cc2ccc(F)c(Cl)c2)c(N)c1[N+](=O)[O-]. The topological polar surface area (TPSA) is 87.0 Å². The molecule has 0 bridgehead atoms. The van der Waals surface area contributed by atoms with Gasteiger partial charge < -0.3 is 5.73 Å². The minimum Gasteiger partial charge on any atom is -0.378 e. The number of aromatic nitrogens is 2. The second-order valence-corrected chi connectivity index (χ2v) is 4.39. The van der Waals surface area contributed by atoms with Crippen molar-refractivity contribution in [1.82, 2.24) is 9.78 Å². The second-order valence-electron chi connectivity index (χ2n) is 3.98. The minimum absolute atomic E-state index is 0.0190. The van der Waals surface area contributed by atoms with Crippen LogP contribution in [0.15, 0.2) is 18.2 Å². The molecule has 0 atom stereocenters. The zero-order chi connectivity index (χ0) is 14.2. The van der Waals surface area contributed by atoms with Crippen molar-refractivity contribution in [3.63, 3.8) is 0 Å². The van der Waals surface area contributed by atoms with Gasteiger partial charge in [0.1, 0.15) is 11.5 Å². The minimum atomic E-state index is -0.578. The molecule has 0 radical (unpaired) electrons. The Morgan fingerprint density at radius 2 is 2.26 bits per heavy atom. The van der Waals surface area contributed by atoms with E-state index in [2.05, 4.69) is 5.10 Å². The number of hydrogen-bond acceptors (Lipinski definition) is 4. The van der Waals surface area contributed by atoms with Crippen molar-refractivity contribution < 1.29 is 9.31 Å². The monoisotopic (exact) mass is 284 g/mol. The number of nitrogen functional groups attached to an aromatic ring is 1. The zero-order valence-electron chi connectivity index (χ0n) is 9.93. The summed E-state index contributed by atoms with van der Waals surface area (Å²) in [4.78, 5) is 10.2. The fraction of sp³-hybridized carbons (Fsp3) is 0.182. The predicted molar refractivity (Wildman–Crippen MR) is 68.5 cm³/mol. The molecule has 6 nitrogen and oxygen atoms in total. The molecular formula is C11H10ClFN4O2. The third-order valence-corrected chi connectivity index (χ3v) is 2.92. The maximum absolute atomic E-state index is 13.0. The molecule has 2 rings (SSSR count). The predicted octanol–water partition coefficient (Wildman–Crippen LogP) is 2.52. The van der Waals surface area contributed by atoms with Crippen molar-refractivity contribution in [1.29, 1.82) is 0 Å². The lowest BCUT2D eigenvalue weighted by Gasteiger charge is -2.04. The Labute approximate surface area is 112 Å². The number of benzene rings is 1. The molecule has 0 aliphatic carbocycles. The lowest BCUT2D eigenvalue weighted by molar-refractivity contribution is -0.384. The van der Waals surface area contributed by atoms with Crippen molar-refractivity contribution in [3.8, 4) is 0 Å². The number of nitrogens with zero attached hydrogens (tertiary/aromatic N) is 3.